The Morgan fingerprint density at radius 3 is 2.52 bits per heavy atom. The lowest BCUT2D eigenvalue weighted by Gasteiger charge is -2.30. The first-order valence-corrected chi connectivity index (χ1v) is 18.9. The summed E-state index contributed by atoms with van der Waals surface area (Å²) in [6.45, 7) is -0.0705. The van der Waals surface area contributed by atoms with Crippen molar-refractivity contribution in [3.63, 3.8) is 0 Å². The van der Waals surface area contributed by atoms with Crippen LogP contribution in [0.4, 0.5) is 14.0 Å². The topological polar surface area (TPSA) is 207 Å². The normalized spacial score (nSPS) is 29.4. The van der Waals surface area contributed by atoms with Gasteiger partial charge in [-0.15, -0.1) is 0 Å². The number of amides is 6. The average Bonchev–Trinajstić information content (AvgIpc) is 3.47. The first-order chi connectivity index (χ1) is 23.8. The Morgan fingerprint density at radius 1 is 1.02 bits per heavy atom. The van der Waals surface area contributed by atoms with Gasteiger partial charge in [-0.05, 0) is 50.2 Å². The summed E-state index contributed by atoms with van der Waals surface area (Å²) in [5.74, 6) is -3.37. The minimum absolute atomic E-state index is 0.000393. The van der Waals surface area contributed by atoms with Crippen LogP contribution in [0.15, 0.2) is 30.4 Å². The number of carbonyl (C=O) groups excluding carboxylic acids is 5. The largest absolute Gasteiger partial charge is 0.444 e. The van der Waals surface area contributed by atoms with Crippen LogP contribution < -0.4 is 21.0 Å². The fraction of sp³-hybridized carbons (Fsp3) is 0.606. The van der Waals surface area contributed by atoms with Gasteiger partial charge in [0.05, 0.1) is 13.1 Å². The zero-order valence-electron chi connectivity index (χ0n) is 27.6. The Bertz CT molecular complexity index is 1600. The number of fused-ring (bicyclic) bond motifs is 3. The molecule has 1 aromatic carbocycles. The van der Waals surface area contributed by atoms with E-state index in [-0.39, 0.29) is 38.5 Å². The molecule has 2 saturated carbocycles. The van der Waals surface area contributed by atoms with Crippen LogP contribution in [0, 0.1) is 11.7 Å². The molecule has 5 atom stereocenters. The second-order valence-electron chi connectivity index (χ2n) is 14.0. The smallest absolute Gasteiger partial charge is 0.429 e. The molecule has 1 saturated heterocycles. The first-order valence-electron chi connectivity index (χ1n) is 17.3. The summed E-state index contributed by atoms with van der Waals surface area (Å²) in [5, 5.41) is 10.1. The molecule has 2 aliphatic carbocycles. The van der Waals surface area contributed by atoms with Crippen molar-refractivity contribution in [2.45, 2.75) is 113 Å². The van der Waals surface area contributed by atoms with Crippen LogP contribution in [0.2, 0.25) is 0 Å². The number of benzene rings is 1. The number of hydrogen-bond acceptors (Lipinski definition) is 7. The van der Waals surface area contributed by atoms with Crippen LogP contribution in [0.3, 0.4) is 0 Å². The molecule has 3 fully saturated rings. The molecule has 6 rings (SSSR count). The third-order valence-electron chi connectivity index (χ3n) is 10.3. The van der Waals surface area contributed by atoms with Gasteiger partial charge in [0.25, 0.3) is 5.91 Å². The minimum Gasteiger partial charge on any atom is -0.444 e. The van der Waals surface area contributed by atoms with E-state index in [1.165, 1.54) is 15.9 Å². The van der Waals surface area contributed by atoms with Crippen molar-refractivity contribution >= 4 is 37.6 Å². The van der Waals surface area contributed by atoms with Gasteiger partial charge in [-0.25, -0.2) is 18.5 Å². The molecule has 0 aromatic heterocycles. The fourth-order valence-corrected chi connectivity index (χ4v) is 8.04. The highest BCUT2D eigenvalue weighted by Gasteiger charge is 2.62. The van der Waals surface area contributed by atoms with Crippen molar-refractivity contribution in [2.75, 3.05) is 6.54 Å². The Balaban J connectivity index is 1.23. The maximum absolute atomic E-state index is 14.4. The van der Waals surface area contributed by atoms with Crippen LogP contribution in [0.5, 0.6) is 0 Å². The van der Waals surface area contributed by atoms with Crippen molar-refractivity contribution in [2.24, 2.45) is 5.92 Å². The van der Waals surface area contributed by atoms with Gasteiger partial charge in [0, 0.05) is 30.5 Å². The predicted molar refractivity (Wildman–Crippen MR) is 175 cm³/mol. The highest BCUT2D eigenvalue weighted by Crippen LogP contribution is 2.47. The molecule has 0 bridgehead atoms. The summed E-state index contributed by atoms with van der Waals surface area (Å²) in [4.78, 5) is 89.3. The lowest BCUT2D eigenvalue weighted by Crippen LogP contribution is -2.58. The highest BCUT2D eigenvalue weighted by molar-refractivity contribution is 7.50. The number of rotatable bonds is 5. The lowest BCUT2D eigenvalue weighted by molar-refractivity contribution is -0.141. The number of nitrogens with one attached hydrogen (secondary N) is 4. The number of urea groups is 1. The molecular formula is C33H44FN6O9P. The molecule has 0 spiro atoms. The molecule has 17 heteroatoms. The molecule has 3 aliphatic heterocycles. The van der Waals surface area contributed by atoms with Crippen LogP contribution in [-0.4, -0.2) is 85.7 Å². The zero-order valence-corrected chi connectivity index (χ0v) is 28.5. The van der Waals surface area contributed by atoms with Gasteiger partial charge in [0.2, 0.25) is 11.8 Å². The summed E-state index contributed by atoms with van der Waals surface area (Å²) in [6.07, 6.45) is 8.53. The van der Waals surface area contributed by atoms with Gasteiger partial charge >= 0.3 is 19.9 Å². The zero-order chi connectivity index (χ0) is 35.6. The van der Waals surface area contributed by atoms with E-state index in [4.69, 9.17) is 4.74 Å². The van der Waals surface area contributed by atoms with Gasteiger partial charge in [0.15, 0.2) is 0 Å². The number of halogens is 1. The maximum atomic E-state index is 14.4. The SMILES string of the molecule is O=C(NC1CCCC1)N[C@H]1CCCCC/C=C\C2CC2(C(=O)NP(=O)(O)O)NC(=O)[C@@H]2C[C@@H](OC(=O)N3Cc4cccc(F)c4C3)CN2C1=O. The summed E-state index contributed by atoms with van der Waals surface area (Å²) in [7, 11) is -5.00. The molecule has 3 heterocycles. The number of ether oxygens (including phenoxy) is 1. The molecule has 15 nitrogen and oxygen atoms in total. The second-order valence-corrected chi connectivity index (χ2v) is 15.3. The van der Waals surface area contributed by atoms with E-state index in [2.05, 4.69) is 16.0 Å². The van der Waals surface area contributed by atoms with Crippen molar-refractivity contribution in [1.29, 1.82) is 0 Å². The highest BCUT2D eigenvalue weighted by atomic mass is 31.2. The Labute approximate surface area is 288 Å². The van der Waals surface area contributed by atoms with Crippen molar-refractivity contribution in [3.05, 3.63) is 47.3 Å². The van der Waals surface area contributed by atoms with Crippen LogP contribution in [-0.2, 0) is 36.8 Å². The summed E-state index contributed by atoms with van der Waals surface area (Å²) < 4.78 is 31.8. The minimum atomic E-state index is -5.00. The van der Waals surface area contributed by atoms with Gasteiger partial charge in [-0.1, -0.05) is 50.0 Å². The van der Waals surface area contributed by atoms with Crippen LogP contribution >= 0.6 is 7.75 Å². The maximum Gasteiger partial charge on any atom is 0.429 e. The van der Waals surface area contributed by atoms with E-state index >= 15 is 0 Å². The van der Waals surface area contributed by atoms with E-state index in [9.17, 15) is 42.7 Å². The van der Waals surface area contributed by atoms with E-state index in [1.54, 1.807) is 23.3 Å². The Morgan fingerprint density at radius 2 is 1.78 bits per heavy atom. The quantitative estimate of drug-likeness (QED) is 0.195. The monoisotopic (exact) mass is 718 g/mol. The molecule has 1 aromatic rings. The van der Waals surface area contributed by atoms with Crippen LogP contribution in [0.1, 0.15) is 81.8 Å². The van der Waals surface area contributed by atoms with E-state index in [0.29, 0.717) is 30.4 Å². The fourth-order valence-electron chi connectivity index (χ4n) is 7.58. The third-order valence-corrected chi connectivity index (χ3v) is 10.8. The van der Waals surface area contributed by atoms with E-state index in [0.717, 1.165) is 38.5 Å². The molecule has 6 N–H and O–H groups in total. The summed E-state index contributed by atoms with van der Waals surface area (Å²) in [5.41, 5.74) is -0.634. The summed E-state index contributed by atoms with van der Waals surface area (Å²) in [6, 6.07) is 1.85. The van der Waals surface area contributed by atoms with Crippen molar-refractivity contribution < 1.29 is 47.5 Å². The van der Waals surface area contributed by atoms with Crippen molar-refractivity contribution in [3.8, 4) is 0 Å². The number of nitrogens with zero attached hydrogens (tertiary/aromatic N) is 2. The summed E-state index contributed by atoms with van der Waals surface area (Å²) >= 11 is 0. The molecule has 2 unspecified atom stereocenters. The molecule has 272 valence electrons. The molecule has 0 radical (unpaired) electrons. The first kappa shape index (κ1) is 35.8. The molecule has 50 heavy (non-hydrogen) atoms. The van der Waals surface area contributed by atoms with E-state index < -0.39 is 73.1 Å². The van der Waals surface area contributed by atoms with Gasteiger partial charge in [-0.2, -0.15) is 0 Å². The average molecular weight is 719 g/mol. The number of carbonyl (C=O) groups is 5. The Hall–Kier alpha value is -4.01. The van der Waals surface area contributed by atoms with Crippen LogP contribution in [0.25, 0.3) is 0 Å². The van der Waals surface area contributed by atoms with E-state index in [1.807, 2.05) is 6.08 Å². The Kier molecular flexibility index (Phi) is 10.5. The number of hydrogen-bond donors (Lipinski definition) is 6. The second kappa shape index (κ2) is 14.7. The lowest BCUT2D eigenvalue weighted by atomic mass is 10.0. The van der Waals surface area contributed by atoms with Crippen molar-refractivity contribution in [1.82, 2.24) is 30.8 Å². The predicted octanol–water partition coefficient (Wildman–Crippen LogP) is 2.46. The standard InChI is InChI=1S/C33H44FN6O9P/c34-25-13-8-9-20-17-39(19-24(20)25)32(45)49-23-15-27-28(41)37-33(30(43)38-50(46,47)48)16-21(33)10-4-2-1-3-5-14-26(29(42)40(27)18-23)36-31(44)35-22-11-6-7-12-22/h4,8-10,13,21-23,26-27H,1-3,5-7,11-12,14-19H2,(H,37,41)(H2,35,36,44)(H3,38,43,46,47,48)/b10-4-/t21?,23-,26+,27+,33?/m1/s1. The number of allylic oxidation sites excluding steroid dienone is 1. The van der Waals surface area contributed by atoms with Gasteiger partial charge in [-0.3, -0.25) is 24.4 Å². The van der Waals surface area contributed by atoms with Gasteiger partial charge < -0.3 is 35.4 Å². The molecule has 6 amide bonds. The van der Waals surface area contributed by atoms with Gasteiger partial charge in [0.1, 0.15) is 29.5 Å². The third kappa shape index (κ3) is 8.13. The molecule has 5 aliphatic rings. The molecular weight excluding hydrogens is 674 g/mol.